The second-order valence-electron chi connectivity index (χ2n) is 6.43. The van der Waals surface area contributed by atoms with Gasteiger partial charge in [0.05, 0.1) is 16.7 Å². The summed E-state index contributed by atoms with van der Waals surface area (Å²) in [6.07, 6.45) is -2.64. The van der Waals surface area contributed by atoms with Gasteiger partial charge in [0.15, 0.2) is 5.65 Å². The van der Waals surface area contributed by atoms with E-state index >= 15 is 0 Å². The smallest absolute Gasteiger partial charge is 0.306 e. The summed E-state index contributed by atoms with van der Waals surface area (Å²) in [6, 6.07) is 7.45. The zero-order valence-corrected chi connectivity index (χ0v) is 13.3. The summed E-state index contributed by atoms with van der Waals surface area (Å²) in [4.78, 5) is 25.1. The summed E-state index contributed by atoms with van der Waals surface area (Å²) in [5.74, 6) is 0.906. The highest BCUT2D eigenvalue weighted by molar-refractivity contribution is 5.80. The van der Waals surface area contributed by atoms with Gasteiger partial charge in [-0.3, -0.25) is 4.57 Å². The van der Waals surface area contributed by atoms with Crippen molar-refractivity contribution in [1.82, 2.24) is 24.5 Å². The number of alkyl halides is 3. The zero-order chi connectivity index (χ0) is 18.1. The Morgan fingerprint density at radius 2 is 1.81 bits per heavy atom. The molecule has 132 valence electrons. The summed E-state index contributed by atoms with van der Waals surface area (Å²) in [5, 5.41) is 0. The van der Waals surface area contributed by atoms with Crippen molar-refractivity contribution < 1.29 is 13.2 Å². The molecule has 4 aromatic rings. The first-order valence-electron chi connectivity index (χ1n) is 8.09. The van der Waals surface area contributed by atoms with Crippen molar-refractivity contribution in [2.75, 3.05) is 0 Å². The van der Waals surface area contributed by atoms with Crippen LogP contribution in [0.25, 0.3) is 27.9 Å². The molecule has 1 aromatic carbocycles. The number of aromatic amines is 2. The molecule has 0 unspecified atom stereocenters. The minimum Gasteiger partial charge on any atom is -0.306 e. The summed E-state index contributed by atoms with van der Waals surface area (Å²) in [7, 11) is 0. The number of halogens is 3. The number of aromatic nitrogens is 5. The van der Waals surface area contributed by atoms with Gasteiger partial charge in [0, 0.05) is 5.92 Å². The highest BCUT2D eigenvalue weighted by Gasteiger charge is 2.35. The number of hydrogen-bond acceptors (Lipinski definition) is 3. The van der Waals surface area contributed by atoms with Crippen LogP contribution in [0.1, 0.15) is 30.3 Å². The molecule has 0 bridgehead atoms. The number of fused-ring (bicyclic) bond motifs is 2. The van der Waals surface area contributed by atoms with Crippen molar-refractivity contribution in [3.63, 3.8) is 0 Å². The number of benzene rings is 1. The van der Waals surface area contributed by atoms with Gasteiger partial charge in [-0.2, -0.15) is 13.2 Å². The second-order valence-corrected chi connectivity index (χ2v) is 6.43. The Bertz CT molecular complexity index is 1210. The molecule has 0 spiro atoms. The minimum atomic E-state index is -4.53. The summed E-state index contributed by atoms with van der Waals surface area (Å²) < 4.78 is 41.0. The first kappa shape index (κ1) is 15.2. The van der Waals surface area contributed by atoms with Crippen LogP contribution in [-0.2, 0) is 6.18 Å². The van der Waals surface area contributed by atoms with Crippen LogP contribution in [-0.4, -0.2) is 24.5 Å². The molecule has 9 heteroatoms. The third-order valence-electron chi connectivity index (χ3n) is 4.52. The molecule has 0 amide bonds. The molecule has 0 aliphatic heterocycles. The highest BCUT2D eigenvalue weighted by Crippen LogP contribution is 2.42. The highest BCUT2D eigenvalue weighted by atomic mass is 19.4. The Balaban J connectivity index is 1.80. The molecule has 2 N–H and O–H groups in total. The number of nitrogens with one attached hydrogen (secondary N) is 2. The lowest BCUT2D eigenvalue weighted by molar-refractivity contribution is -0.141. The topological polar surface area (TPSA) is 79.4 Å². The maximum absolute atomic E-state index is 13.1. The number of nitrogens with zero attached hydrogens (tertiary/aromatic N) is 3. The SMILES string of the molecule is O=c1[nH]c2ccc(-n3c(C4CC4)nc4ccc(C(F)(F)F)nc43)cc2[nH]1. The van der Waals surface area contributed by atoms with Gasteiger partial charge in [-0.05, 0) is 43.2 Å². The Morgan fingerprint density at radius 3 is 2.54 bits per heavy atom. The van der Waals surface area contributed by atoms with E-state index in [0.717, 1.165) is 18.9 Å². The third-order valence-corrected chi connectivity index (χ3v) is 4.52. The van der Waals surface area contributed by atoms with E-state index < -0.39 is 11.9 Å². The monoisotopic (exact) mass is 359 g/mol. The van der Waals surface area contributed by atoms with Crippen LogP contribution in [0.2, 0.25) is 0 Å². The van der Waals surface area contributed by atoms with Crippen LogP contribution in [0.5, 0.6) is 0 Å². The molecular formula is C17H12F3N5O. The van der Waals surface area contributed by atoms with Crippen molar-refractivity contribution in [3.8, 4) is 5.69 Å². The van der Waals surface area contributed by atoms with Crippen LogP contribution in [0.4, 0.5) is 13.2 Å². The molecule has 0 atom stereocenters. The number of hydrogen-bond donors (Lipinski definition) is 2. The number of pyridine rings is 1. The molecule has 1 aliphatic carbocycles. The third kappa shape index (κ3) is 2.31. The Hall–Kier alpha value is -3.10. The van der Waals surface area contributed by atoms with E-state index in [1.807, 2.05) is 0 Å². The quantitative estimate of drug-likeness (QED) is 0.575. The van der Waals surface area contributed by atoms with E-state index in [1.165, 1.54) is 6.07 Å². The van der Waals surface area contributed by atoms with E-state index in [9.17, 15) is 18.0 Å². The van der Waals surface area contributed by atoms with Gasteiger partial charge < -0.3 is 9.97 Å². The van der Waals surface area contributed by atoms with Crippen molar-refractivity contribution in [2.24, 2.45) is 0 Å². The summed E-state index contributed by atoms with van der Waals surface area (Å²) >= 11 is 0. The van der Waals surface area contributed by atoms with Crippen molar-refractivity contribution in [3.05, 3.63) is 52.3 Å². The van der Waals surface area contributed by atoms with Crippen LogP contribution in [0.3, 0.4) is 0 Å². The van der Waals surface area contributed by atoms with E-state index in [2.05, 4.69) is 19.9 Å². The van der Waals surface area contributed by atoms with Gasteiger partial charge in [-0.25, -0.2) is 14.8 Å². The fraction of sp³-hybridized carbons (Fsp3) is 0.235. The van der Waals surface area contributed by atoms with E-state index in [0.29, 0.717) is 28.1 Å². The zero-order valence-electron chi connectivity index (χ0n) is 13.3. The first-order valence-corrected chi connectivity index (χ1v) is 8.09. The van der Waals surface area contributed by atoms with Crippen LogP contribution in [0, 0.1) is 0 Å². The fourth-order valence-electron chi connectivity index (χ4n) is 3.16. The predicted octanol–water partition coefficient (Wildman–Crippen LogP) is 3.49. The standard InChI is InChI=1S/C17H12F3N5O/c18-17(19,20)13-6-5-11-15(24-13)25(14(21-11)8-1-2-8)9-3-4-10-12(7-9)23-16(26)22-10/h3-8H,1-2H2,(H2,22,23,26). The maximum Gasteiger partial charge on any atom is 0.433 e. The molecular weight excluding hydrogens is 347 g/mol. The lowest BCUT2D eigenvalue weighted by Crippen LogP contribution is -2.09. The van der Waals surface area contributed by atoms with Crippen molar-refractivity contribution >= 4 is 22.2 Å². The molecule has 3 heterocycles. The maximum atomic E-state index is 13.1. The van der Waals surface area contributed by atoms with Gasteiger partial charge in [-0.15, -0.1) is 0 Å². The van der Waals surface area contributed by atoms with E-state index in [1.54, 1.807) is 22.8 Å². The van der Waals surface area contributed by atoms with Gasteiger partial charge in [0.1, 0.15) is 17.0 Å². The van der Waals surface area contributed by atoms with Crippen LogP contribution < -0.4 is 5.69 Å². The molecule has 1 aliphatic rings. The van der Waals surface area contributed by atoms with Gasteiger partial charge in [-0.1, -0.05) is 0 Å². The number of imidazole rings is 2. The normalized spacial score (nSPS) is 15.2. The Labute approximate surface area is 143 Å². The largest absolute Gasteiger partial charge is 0.433 e. The van der Waals surface area contributed by atoms with Crippen molar-refractivity contribution in [1.29, 1.82) is 0 Å². The predicted molar refractivity (Wildman–Crippen MR) is 88.3 cm³/mol. The molecule has 1 saturated carbocycles. The number of rotatable bonds is 2. The first-order chi connectivity index (χ1) is 12.4. The Kier molecular flexibility index (Phi) is 2.90. The van der Waals surface area contributed by atoms with Crippen LogP contribution in [0.15, 0.2) is 35.1 Å². The van der Waals surface area contributed by atoms with Gasteiger partial charge >= 0.3 is 11.9 Å². The molecule has 6 nitrogen and oxygen atoms in total. The van der Waals surface area contributed by atoms with Crippen molar-refractivity contribution in [2.45, 2.75) is 24.9 Å². The minimum absolute atomic E-state index is 0.166. The number of H-pyrrole nitrogens is 2. The lowest BCUT2D eigenvalue weighted by atomic mass is 10.2. The Morgan fingerprint density at radius 1 is 1.04 bits per heavy atom. The second kappa shape index (κ2) is 4.96. The molecule has 26 heavy (non-hydrogen) atoms. The molecule has 1 fully saturated rings. The van der Waals surface area contributed by atoms with E-state index in [4.69, 9.17) is 0 Å². The average Bonchev–Trinajstić information content (AvgIpc) is 3.25. The van der Waals surface area contributed by atoms with Crippen LogP contribution >= 0.6 is 0 Å². The molecule has 3 aromatic heterocycles. The summed E-state index contributed by atoms with van der Waals surface area (Å²) in [5.41, 5.74) is 1.10. The summed E-state index contributed by atoms with van der Waals surface area (Å²) in [6.45, 7) is 0. The van der Waals surface area contributed by atoms with E-state index in [-0.39, 0.29) is 17.3 Å². The van der Waals surface area contributed by atoms with Gasteiger partial charge in [0.2, 0.25) is 0 Å². The molecule has 5 rings (SSSR count). The molecule has 0 saturated heterocycles. The fourth-order valence-corrected chi connectivity index (χ4v) is 3.16. The van der Waals surface area contributed by atoms with Gasteiger partial charge in [0.25, 0.3) is 0 Å². The average molecular weight is 359 g/mol. The lowest BCUT2D eigenvalue weighted by Gasteiger charge is -2.10. The molecule has 0 radical (unpaired) electrons.